The number of benzene rings is 1. The van der Waals surface area contributed by atoms with Crippen LogP contribution in [0.5, 0.6) is 0 Å². The minimum Gasteiger partial charge on any atom is -0.378 e. The van der Waals surface area contributed by atoms with Crippen LogP contribution in [0.4, 0.5) is 5.69 Å². The molecule has 1 aromatic rings. The van der Waals surface area contributed by atoms with E-state index < -0.39 is 0 Å². The first-order chi connectivity index (χ1) is 8.75. The molecule has 1 saturated heterocycles. The quantitative estimate of drug-likeness (QED) is 0.754. The third-order valence-corrected chi connectivity index (χ3v) is 4.35. The van der Waals surface area contributed by atoms with Gasteiger partial charge in [-0.15, -0.1) is 0 Å². The Morgan fingerprint density at radius 1 is 1.17 bits per heavy atom. The van der Waals surface area contributed by atoms with E-state index in [4.69, 9.17) is 4.74 Å². The minimum atomic E-state index is 0.549. The molecule has 18 heavy (non-hydrogen) atoms. The molecule has 0 aliphatic carbocycles. The number of hydrogen-bond donors (Lipinski definition) is 0. The summed E-state index contributed by atoms with van der Waals surface area (Å²) < 4.78 is 5.42. The van der Waals surface area contributed by atoms with E-state index in [0.717, 1.165) is 26.3 Å². The van der Waals surface area contributed by atoms with Crippen molar-refractivity contribution in [3.63, 3.8) is 0 Å². The van der Waals surface area contributed by atoms with Gasteiger partial charge in [0.2, 0.25) is 0 Å². The summed E-state index contributed by atoms with van der Waals surface area (Å²) in [5, 5.41) is 0. The molecular weight excluding hydrogens is 224 g/mol. The molecule has 1 unspecified atom stereocenters. The van der Waals surface area contributed by atoms with E-state index in [1.54, 1.807) is 0 Å². The predicted octanol–water partition coefficient (Wildman–Crippen LogP) is 2.07. The molecule has 98 valence electrons. The average Bonchev–Trinajstić information content (AvgIpc) is 2.44. The van der Waals surface area contributed by atoms with Crippen molar-refractivity contribution < 1.29 is 4.74 Å². The summed E-state index contributed by atoms with van der Waals surface area (Å²) >= 11 is 0. The topological polar surface area (TPSA) is 15.7 Å². The van der Waals surface area contributed by atoms with Crippen molar-refractivity contribution in [2.75, 3.05) is 44.8 Å². The number of fused-ring (bicyclic) bond motifs is 1. The fourth-order valence-electron chi connectivity index (χ4n) is 2.96. The van der Waals surface area contributed by atoms with E-state index in [0.29, 0.717) is 6.04 Å². The molecule has 0 bridgehead atoms. The third kappa shape index (κ3) is 2.13. The van der Waals surface area contributed by atoms with Crippen LogP contribution >= 0.6 is 0 Å². The molecule has 3 rings (SSSR count). The maximum Gasteiger partial charge on any atom is 0.0642 e. The van der Waals surface area contributed by atoms with E-state index in [2.05, 4.69) is 42.0 Å². The van der Waals surface area contributed by atoms with Crippen LogP contribution in [0, 0.1) is 0 Å². The highest BCUT2D eigenvalue weighted by Crippen LogP contribution is 2.31. The molecule has 3 nitrogen and oxygen atoms in total. The summed E-state index contributed by atoms with van der Waals surface area (Å²) in [6.45, 7) is 7.22. The molecule has 0 aromatic heterocycles. The smallest absolute Gasteiger partial charge is 0.0642 e. The van der Waals surface area contributed by atoms with Gasteiger partial charge in [-0.1, -0.05) is 6.07 Å². The van der Waals surface area contributed by atoms with Crippen LogP contribution in [0.25, 0.3) is 0 Å². The minimum absolute atomic E-state index is 0.549. The SMILES string of the molecule is CC1c2ccc(N3CCOCC3)cc2CCN1C. The molecule has 0 spiro atoms. The van der Waals surface area contributed by atoms with Crippen LogP contribution in [0.3, 0.4) is 0 Å². The molecule has 2 aliphatic heterocycles. The average molecular weight is 246 g/mol. The largest absolute Gasteiger partial charge is 0.378 e. The zero-order valence-corrected chi connectivity index (χ0v) is 11.4. The standard InChI is InChI=1S/C15H22N2O/c1-12-15-4-3-14(17-7-9-18-10-8-17)11-13(15)5-6-16(12)2/h3-4,11-12H,5-10H2,1-2H3. The zero-order chi connectivity index (χ0) is 12.5. The highest BCUT2D eigenvalue weighted by molar-refractivity contribution is 5.52. The molecule has 3 heteroatoms. The Morgan fingerprint density at radius 3 is 2.72 bits per heavy atom. The summed E-state index contributed by atoms with van der Waals surface area (Å²) in [7, 11) is 2.21. The van der Waals surface area contributed by atoms with Crippen LogP contribution in [0.2, 0.25) is 0 Å². The molecule has 0 radical (unpaired) electrons. The molecule has 0 N–H and O–H groups in total. The van der Waals surface area contributed by atoms with E-state index in [1.165, 1.54) is 29.8 Å². The van der Waals surface area contributed by atoms with Crippen molar-refractivity contribution in [2.45, 2.75) is 19.4 Å². The van der Waals surface area contributed by atoms with Crippen LogP contribution < -0.4 is 4.90 Å². The van der Waals surface area contributed by atoms with Gasteiger partial charge in [-0.3, -0.25) is 4.90 Å². The molecule has 2 aliphatic rings. The van der Waals surface area contributed by atoms with Crippen molar-refractivity contribution >= 4 is 5.69 Å². The first kappa shape index (κ1) is 12.0. The lowest BCUT2D eigenvalue weighted by Gasteiger charge is -2.34. The Bertz CT molecular complexity index is 427. The van der Waals surface area contributed by atoms with E-state index >= 15 is 0 Å². The van der Waals surface area contributed by atoms with Crippen molar-refractivity contribution in [3.05, 3.63) is 29.3 Å². The van der Waals surface area contributed by atoms with Gasteiger partial charge in [0.1, 0.15) is 0 Å². The van der Waals surface area contributed by atoms with Gasteiger partial charge in [0.25, 0.3) is 0 Å². The van der Waals surface area contributed by atoms with Crippen molar-refractivity contribution in [2.24, 2.45) is 0 Å². The second-order valence-electron chi connectivity index (χ2n) is 5.39. The lowest BCUT2D eigenvalue weighted by molar-refractivity contribution is 0.122. The first-order valence-electron chi connectivity index (χ1n) is 6.91. The first-order valence-corrected chi connectivity index (χ1v) is 6.91. The highest BCUT2D eigenvalue weighted by atomic mass is 16.5. The van der Waals surface area contributed by atoms with Gasteiger partial charge in [-0.05, 0) is 43.7 Å². The monoisotopic (exact) mass is 246 g/mol. The Balaban J connectivity index is 1.86. The third-order valence-electron chi connectivity index (χ3n) is 4.35. The van der Waals surface area contributed by atoms with Gasteiger partial charge in [0.05, 0.1) is 13.2 Å². The van der Waals surface area contributed by atoms with Crippen molar-refractivity contribution in [1.82, 2.24) is 4.90 Å². The van der Waals surface area contributed by atoms with E-state index in [-0.39, 0.29) is 0 Å². The van der Waals surface area contributed by atoms with Gasteiger partial charge in [-0.25, -0.2) is 0 Å². The number of anilines is 1. The lowest BCUT2D eigenvalue weighted by atomic mass is 9.93. The Kier molecular flexibility index (Phi) is 3.27. The Labute approximate surface area is 109 Å². The predicted molar refractivity (Wildman–Crippen MR) is 74.2 cm³/mol. The summed E-state index contributed by atoms with van der Waals surface area (Å²) in [6, 6.07) is 7.54. The second kappa shape index (κ2) is 4.90. The Hall–Kier alpha value is -1.06. The maximum absolute atomic E-state index is 5.42. The second-order valence-corrected chi connectivity index (χ2v) is 5.39. The number of rotatable bonds is 1. The number of nitrogens with zero attached hydrogens (tertiary/aromatic N) is 2. The molecule has 1 atom stereocenters. The fraction of sp³-hybridized carbons (Fsp3) is 0.600. The molecular formula is C15H22N2O. The van der Waals surface area contributed by atoms with E-state index in [1.807, 2.05) is 0 Å². The maximum atomic E-state index is 5.42. The van der Waals surface area contributed by atoms with Gasteiger partial charge in [0.15, 0.2) is 0 Å². The van der Waals surface area contributed by atoms with Gasteiger partial charge < -0.3 is 9.64 Å². The summed E-state index contributed by atoms with van der Waals surface area (Å²) in [5.41, 5.74) is 4.40. The number of likely N-dealkylation sites (N-methyl/N-ethyl adjacent to an activating group) is 1. The van der Waals surface area contributed by atoms with Gasteiger partial charge >= 0.3 is 0 Å². The normalized spacial score (nSPS) is 25.0. The zero-order valence-electron chi connectivity index (χ0n) is 11.4. The summed E-state index contributed by atoms with van der Waals surface area (Å²) in [4.78, 5) is 4.86. The van der Waals surface area contributed by atoms with E-state index in [9.17, 15) is 0 Å². The fourth-order valence-corrected chi connectivity index (χ4v) is 2.96. The van der Waals surface area contributed by atoms with Crippen LogP contribution in [-0.2, 0) is 11.2 Å². The molecule has 0 saturated carbocycles. The molecule has 1 fully saturated rings. The molecule has 2 heterocycles. The van der Waals surface area contributed by atoms with Crippen LogP contribution in [-0.4, -0.2) is 44.8 Å². The summed E-state index contributed by atoms with van der Waals surface area (Å²) in [6.07, 6.45) is 1.17. The summed E-state index contributed by atoms with van der Waals surface area (Å²) in [5.74, 6) is 0. The van der Waals surface area contributed by atoms with Crippen molar-refractivity contribution in [3.8, 4) is 0 Å². The van der Waals surface area contributed by atoms with Crippen molar-refractivity contribution in [1.29, 1.82) is 0 Å². The lowest BCUT2D eigenvalue weighted by Crippen LogP contribution is -2.36. The number of hydrogen-bond acceptors (Lipinski definition) is 3. The number of ether oxygens (including phenoxy) is 1. The highest BCUT2D eigenvalue weighted by Gasteiger charge is 2.21. The molecule has 1 aromatic carbocycles. The van der Waals surface area contributed by atoms with Crippen LogP contribution in [0.15, 0.2) is 18.2 Å². The Morgan fingerprint density at radius 2 is 1.94 bits per heavy atom. The number of morpholine rings is 1. The van der Waals surface area contributed by atoms with Gasteiger partial charge in [0, 0.05) is 31.4 Å². The van der Waals surface area contributed by atoms with Gasteiger partial charge in [-0.2, -0.15) is 0 Å². The van der Waals surface area contributed by atoms with Crippen LogP contribution in [0.1, 0.15) is 24.1 Å². The molecule has 0 amide bonds.